The van der Waals surface area contributed by atoms with Crippen LogP contribution in [-0.2, 0) is 25.6 Å². The van der Waals surface area contributed by atoms with Crippen LogP contribution in [-0.4, -0.2) is 83.6 Å². The molecule has 1 rings (SSSR count). The van der Waals surface area contributed by atoms with Crippen LogP contribution >= 0.6 is 0 Å². The Hall–Kier alpha value is -3.60. The molecule has 11 nitrogen and oxygen atoms in total. The first-order chi connectivity index (χ1) is 20.9. The number of phenols is 1. The molecule has 0 fully saturated rings. The zero-order valence-corrected chi connectivity index (χ0v) is 25.1. The third-order valence-corrected chi connectivity index (χ3v) is 5.63. The summed E-state index contributed by atoms with van der Waals surface area (Å²) in [6.45, 7) is 5.42. The molecule has 0 aliphatic rings. The van der Waals surface area contributed by atoms with Gasteiger partial charge in [0.05, 0.1) is 0 Å². The van der Waals surface area contributed by atoms with Crippen LogP contribution in [0.3, 0.4) is 0 Å². The maximum atomic E-state index is 12.6. The number of alkyl halides is 6. The Bertz CT molecular complexity index is 954. The molecular weight excluding hydrogens is 618 g/mol. The van der Waals surface area contributed by atoms with Crippen molar-refractivity contribution in [3.63, 3.8) is 0 Å². The van der Waals surface area contributed by atoms with Gasteiger partial charge in [-0.15, -0.1) is 0 Å². The molecule has 0 unspecified atom stereocenters. The SMILES string of the molecule is CCCC(=O)N[C@@H](Cc1ccc(O)cc1)C(=O)NCCCCCCCNCCCCN.O=C(O)C(F)(F)F.O=C(O)C(F)(F)F. The summed E-state index contributed by atoms with van der Waals surface area (Å²) in [5.41, 5.74) is 6.37. The van der Waals surface area contributed by atoms with Gasteiger partial charge in [-0.1, -0.05) is 38.3 Å². The van der Waals surface area contributed by atoms with Crippen LogP contribution in [0, 0.1) is 0 Å². The third-order valence-electron chi connectivity index (χ3n) is 5.63. The number of phenolic OH excluding ortho intramolecular Hbond substituents is 1. The second-order valence-corrected chi connectivity index (χ2v) is 9.65. The van der Waals surface area contributed by atoms with Gasteiger partial charge in [0.15, 0.2) is 0 Å². The Morgan fingerprint density at radius 2 is 1.22 bits per heavy atom. The molecular formula is C28H44F6N4O7. The van der Waals surface area contributed by atoms with Crippen molar-refractivity contribution in [1.82, 2.24) is 16.0 Å². The molecule has 0 saturated heterocycles. The Morgan fingerprint density at radius 3 is 1.67 bits per heavy atom. The number of amides is 2. The number of carboxylic acid groups (broad SMARTS) is 2. The van der Waals surface area contributed by atoms with E-state index in [-0.39, 0.29) is 17.6 Å². The average Bonchev–Trinajstić information content (AvgIpc) is 2.94. The van der Waals surface area contributed by atoms with Crippen LogP contribution in [0.1, 0.15) is 70.3 Å². The van der Waals surface area contributed by atoms with Crippen LogP contribution in [0.2, 0.25) is 0 Å². The van der Waals surface area contributed by atoms with E-state index >= 15 is 0 Å². The van der Waals surface area contributed by atoms with Gasteiger partial charge < -0.3 is 37.0 Å². The molecule has 1 atom stereocenters. The van der Waals surface area contributed by atoms with Crippen molar-refractivity contribution in [2.24, 2.45) is 5.73 Å². The Kier molecular flexibility index (Phi) is 23.9. The molecule has 17 heteroatoms. The lowest BCUT2D eigenvalue weighted by atomic mass is 10.0. The highest BCUT2D eigenvalue weighted by Gasteiger charge is 2.38. The number of unbranched alkanes of at least 4 members (excludes halogenated alkanes) is 5. The van der Waals surface area contributed by atoms with Gasteiger partial charge in [-0.25, -0.2) is 9.59 Å². The molecule has 45 heavy (non-hydrogen) atoms. The Morgan fingerprint density at radius 1 is 0.778 bits per heavy atom. The lowest BCUT2D eigenvalue weighted by molar-refractivity contribution is -0.193. The van der Waals surface area contributed by atoms with E-state index in [0.29, 0.717) is 19.4 Å². The largest absolute Gasteiger partial charge is 0.508 e. The van der Waals surface area contributed by atoms with Crippen molar-refractivity contribution in [2.45, 2.75) is 89.5 Å². The number of hydrogen-bond acceptors (Lipinski definition) is 7. The summed E-state index contributed by atoms with van der Waals surface area (Å²) in [5.74, 6) is -5.60. The third kappa shape index (κ3) is 26.5. The second-order valence-electron chi connectivity index (χ2n) is 9.65. The van der Waals surface area contributed by atoms with Gasteiger partial charge in [0.25, 0.3) is 0 Å². The van der Waals surface area contributed by atoms with E-state index in [1.165, 1.54) is 12.8 Å². The highest BCUT2D eigenvalue weighted by molar-refractivity contribution is 5.87. The lowest BCUT2D eigenvalue weighted by Crippen LogP contribution is -2.48. The summed E-state index contributed by atoms with van der Waals surface area (Å²) >= 11 is 0. The van der Waals surface area contributed by atoms with Gasteiger partial charge >= 0.3 is 24.3 Å². The zero-order valence-electron chi connectivity index (χ0n) is 25.1. The molecule has 1 aromatic rings. The van der Waals surface area contributed by atoms with Crippen LogP contribution in [0.5, 0.6) is 5.75 Å². The minimum atomic E-state index is -5.08. The monoisotopic (exact) mass is 662 g/mol. The van der Waals surface area contributed by atoms with Gasteiger partial charge in [-0.2, -0.15) is 26.3 Å². The highest BCUT2D eigenvalue weighted by atomic mass is 19.4. The number of carbonyl (C=O) groups excluding carboxylic acids is 2. The first-order valence-electron chi connectivity index (χ1n) is 14.3. The minimum absolute atomic E-state index is 0.113. The number of aromatic hydroxyl groups is 1. The van der Waals surface area contributed by atoms with E-state index in [2.05, 4.69) is 16.0 Å². The van der Waals surface area contributed by atoms with Crippen LogP contribution < -0.4 is 21.7 Å². The summed E-state index contributed by atoms with van der Waals surface area (Å²) in [6, 6.07) is 6.12. The molecule has 0 heterocycles. The molecule has 0 aromatic heterocycles. The number of nitrogens with one attached hydrogen (secondary N) is 3. The van der Waals surface area contributed by atoms with Crippen molar-refractivity contribution < 1.29 is 60.8 Å². The van der Waals surface area contributed by atoms with Gasteiger partial charge in [0.1, 0.15) is 11.8 Å². The summed E-state index contributed by atoms with van der Waals surface area (Å²) in [5, 5.41) is 32.9. The molecule has 8 N–H and O–H groups in total. The van der Waals surface area contributed by atoms with Crippen molar-refractivity contribution in [2.75, 3.05) is 26.2 Å². The minimum Gasteiger partial charge on any atom is -0.508 e. The van der Waals surface area contributed by atoms with Gasteiger partial charge in [-0.3, -0.25) is 9.59 Å². The summed E-state index contributed by atoms with van der Waals surface area (Å²) in [7, 11) is 0. The fraction of sp³-hybridized carbons (Fsp3) is 0.643. The van der Waals surface area contributed by atoms with E-state index < -0.39 is 30.3 Å². The molecule has 0 spiro atoms. The predicted molar refractivity (Wildman–Crippen MR) is 153 cm³/mol. The number of carbonyl (C=O) groups is 4. The fourth-order valence-corrected chi connectivity index (χ4v) is 3.33. The highest BCUT2D eigenvalue weighted by Crippen LogP contribution is 2.14. The smallest absolute Gasteiger partial charge is 0.490 e. The molecule has 260 valence electrons. The van der Waals surface area contributed by atoms with E-state index in [1.54, 1.807) is 24.3 Å². The van der Waals surface area contributed by atoms with Crippen molar-refractivity contribution in [1.29, 1.82) is 0 Å². The zero-order chi connectivity index (χ0) is 34.9. The van der Waals surface area contributed by atoms with Crippen molar-refractivity contribution in [3.8, 4) is 5.75 Å². The number of rotatable bonds is 18. The molecule has 0 radical (unpaired) electrons. The van der Waals surface area contributed by atoms with Gasteiger partial charge in [0, 0.05) is 19.4 Å². The standard InChI is InChI=1S/C24H42N4O3.2C2HF3O2/c1-2-10-23(30)28-22(19-20-11-13-21(29)14-12-20)24(31)27-18-8-5-3-4-7-16-26-17-9-6-15-25;2*3-2(4,5)1(6)7/h11-14,22,26,29H,2-10,15-19,25H2,1H3,(H,27,31)(H,28,30);2*(H,6,7)/t22-;;/m0../s1. The molecule has 0 bridgehead atoms. The number of nitrogens with two attached hydrogens (primary N) is 1. The first-order valence-corrected chi connectivity index (χ1v) is 14.3. The quantitative estimate of drug-likeness (QED) is 0.0903. The number of aliphatic carboxylic acids is 2. The normalized spacial score (nSPS) is 11.6. The predicted octanol–water partition coefficient (Wildman–Crippen LogP) is 3.88. The van der Waals surface area contributed by atoms with E-state index in [1.807, 2.05) is 6.92 Å². The average molecular weight is 663 g/mol. The van der Waals surface area contributed by atoms with E-state index in [0.717, 1.165) is 63.7 Å². The van der Waals surface area contributed by atoms with Crippen LogP contribution in [0.15, 0.2) is 24.3 Å². The molecule has 1 aromatic carbocycles. The molecule has 0 saturated carbocycles. The van der Waals surface area contributed by atoms with Crippen LogP contribution in [0.4, 0.5) is 26.3 Å². The van der Waals surface area contributed by atoms with Crippen molar-refractivity contribution >= 4 is 23.8 Å². The maximum absolute atomic E-state index is 12.6. The lowest BCUT2D eigenvalue weighted by Gasteiger charge is -2.19. The van der Waals surface area contributed by atoms with Crippen LogP contribution in [0.25, 0.3) is 0 Å². The maximum Gasteiger partial charge on any atom is 0.490 e. The Labute approximate surface area is 257 Å². The number of hydrogen-bond donors (Lipinski definition) is 7. The number of benzene rings is 1. The molecule has 0 aliphatic heterocycles. The van der Waals surface area contributed by atoms with E-state index in [4.69, 9.17) is 25.5 Å². The summed E-state index contributed by atoms with van der Waals surface area (Å²) in [6.07, 6.45) is -0.863. The summed E-state index contributed by atoms with van der Waals surface area (Å²) in [4.78, 5) is 42.5. The van der Waals surface area contributed by atoms with Gasteiger partial charge in [-0.05, 0) is 69.4 Å². The summed E-state index contributed by atoms with van der Waals surface area (Å²) < 4.78 is 63.5. The molecule has 0 aliphatic carbocycles. The topological polar surface area (TPSA) is 191 Å². The fourth-order valence-electron chi connectivity index (χ4n) is 3.33. The Balaban J connectivity index is 0. The van der Waals surface area contributed by atoms with Crippen molar-refractivity contribution in [3.05, 3.63) is 29.8 Å². The second kappa shape index (κ2) is 24.7. The van der Waals surface area contributed by atoms with E-state index in [9.17, 15) is 41.0 Å². The number of halogens is 6. The van der Waals surface area contributed by atoms with Gasteiger partial charge in [0.2, 0.25) is 11.8 Å². The number of carboxylic acids is 2. The molecule has 2 amide bonds. The first kappa shape index (κ1) is 43.5.